The van der Waals surface area contributed by atoms with Gasteiger partial charge in [-0.15, -0.1) is 0 Å². The van der Waals surface area contributed by atoms with Crippen LogP contribution in [0.1, 0.15) is 31.2 Å². The molecular weight excluding hydrogens is 156 g/mol. The van der Waals surface area contributed by atoms with E-state index in [4.69, 9.17) is 0 Å². The van der Waals surface area contributed by atoms with Crippen molar-refractivity contribution in [2.75, 3.05) is 0 Å². The van der Waals surface area contributed by atoms with Gasteiger partial charge in [0, 0.05) is 0 Å². The maximum Gasteiger partial charge on any atom is 0.0777 e. The highest BCUT2D eigenvalue weighted by Gasteiger charge is 2.19. The summed E-state index contributed by atoms with van der Waals surface area (Å²) < 4.78 is 8.54. The summed E-state index contributed by atoms with van der Waals surface area (Å²) in [5.41, 5.74) is 2.54. The minimum Gasteiger partial charge on any atom is -0.178 e. The summed E-state index contributed by atoms with van der Waals surface area (Å²) in [5.74, 6) is 0.867. The lowest BCUT2D eigenvalue weighted by atomic mass is 9.88. The Balaban J connectivity index is 2.18. The van der Waals surface area contributed by atoms with E-state index in [1.165, 1.54) is 42.4 Å². The number of hydrogen-bond acceptors (Lipinski definition) is 3. The van der Waals surface area contributed by atoms with Gasteiger partial charge in [-0.3, -0.25) is 0 Å². The normalized spacial score (nSPS) is 23.2. The zero-order chi connectivity index (χ0) is 7.68. The van der Waals surface area contributed by atoms with Gasteiger partial charge in [0.05, 0.1) is 23.1 Å². The third-order valence-electron chi connectivity index (χ3n) is 2.48. The predicted molar refractivity (Wildman–Crippen MR) is 45.7 cm³/mol. The number of nitrogens with zero attached hydrogens (tertiary/aromatic N) is 2. The fourth-order valence-electron chi connectivity index (χ4n) is 1.63. The fourth-order valence-corrected chi connectivity index (χ4v) is 2.25. The van der Waals surface area contributed by atoms with Gasteiger partial charge in [0.15, 0.2) is 0 Å². The van der Waals surface area contributed by atoms with Crippen molar-refractivity contribution in [2.24, 2.45) is 5.92 Å². The van der Waals surface area contributed by atoms with E-state index in [-0.39, 0.29) is 0 Å². The second-order valence-electron chi connectivity index (χ2n) is 3.17. The minimum absolute atomic E-state index is 0.867. The van der Waals surface area contributed by atoms with E-state index >= 15 is 0 Å². The SMILES string of the molecule is CCC1CCc2nsnc2C1. The van der Waals surface area contributed by atoms with E-state index in [0.29, 0.717) is 0 Å². The average Bonchev–Trinajstić information content (AvgIpc) is 2.50. The van der Waals surface area contributed by atoms with Crippen molar-refractivity contribution in [1.82, 2.24) is 8.75 Å². The van der Waals surface area contributed by atoms with Crippen molar-refractivity contribution in [3.05, 3.63) is 11.4 Å². The Kier molecular flexibility index (Phi) is 1.90. The predicted octanol–water partition coefficient (Wildman–Crippen LogP) is 2.05. The molecule has 11 heavy (non-hydrogen) atoms. The van der Waals surface area contributed by atoms with Crippen LogP contribution in [0, 0.1) is 5.92 Å². The lowest BCUT2D eigenvalue weighted by Gasteiger charge is -2.17. The third-order valence-corrected chi connectivity index (χ3v) is 3.09. The number of aryl methyl sites for hydroxylation is 1. The largest absolute Gasteiger partial charge is 0.178 e. The summed E-state index contributed by atoms with van der Waals surface area (Å²) in [7, 11) is 0. The summed E-state index contributed by atoms with van der Waals surface area (Å²) in [6.07, 6.45) is 4.93. The van der Waals surface area contributed by atoms with Gasteiger partial charge in [-0.2, -0.15) is 8.75 Å². The molecule has 1 aliphatic carbocycles. The third kappa shape index (κ3) is 1.29. The molecule has 0 fully saturated rings. The van der Waals surface area contributed by atoms with Crippen LogP contribution >= 0.6 is 11.7 Å². The van der Waals surface area contributed by atoms with Crippen LogP contribution in [0.25, 0.3) is 0 Å². The first kappa shape index (κ1) is 7.22. The standard InChI is InChI=1S/C8H12N2S/c1-2-6-3-4-7-8(5-6)10-11-9-7/h6H,2-5H2,1H3. The molecule has 0 saturated carbocycles. The second kappa shape index (κ2) is 2.89. The van der Waals surface area contributed by atoms with Gasteiger partial charge in [-0.05, 0) is 25.2 Å². The molecule has 0 bridgehead atoms. The van der Waals surface area contributed by atoms with Crippen LogP contribution in [0.3, 0.4) is 0 Å². The first-order chi connectivity index (χ1) is 5.40. The molecule has 60 valence electrons. The van der Waals surface area contributed by atoms with Gasteiger partial charge in [0.25, 0.3) is 0 Å². The van der Waals surface area contributed by atoms with Gasteiger partial charge in [-0.25, -0.2) is 0 Å². The Morgan fingerprint density at radius 2 is 2.27 bits per heavy atom. The van der Waals surface area contributed by atoms with Crippen molar-refractivity contribution in [3.8, 4) is 0 Å². The number of hydrogen-bond donors (Lipinski definition) is 0. The van der Waals surface area contributed by atoms with Crippen LogP contribution in [0.5, 0.6) is 0 Å². The van der Waals surface area contributed by atoms with Crippen LogP contribution in [0.4, 0.5) is 0 Å². The van der Waals surface area contributed by atoms with Crippen molar-refractivity contribution in [1.29, 1.82) is 0 Å². The Hall–Kier alpha value is -0.440. The van der Waals surface area contributed by atoms with Gasteiger partial charge in [-0.1, -0.05) is 13.3 Å². The molecule has 2 rings (SSSR count). The molecular formula is C8H12N2S. The van der Waals surface area contributed by atoms with Crippen molar-refractivity contribution < 1.29 is 0 Å². The summed E-state index contributed by atoms with van der Waals surface area (Å²) in [6, 6.07) is 0. The van der Waals surface area contributed by atoms with Crippen molar-refractivity contribution in [3.63, 3.8) is 0 Å². The van der Waals surface area contributed by atoms with Gasteiger partial charge in [0.1, 0.15) is 0 Å². The number of fused-ring (bicyclic) bond motifs is 1. The highest BCUT2D eigenvalue weighted by molar-refractivity contribution is 6.99. The monoisotopic (exact) mass is 168 g/mol. The summed E-state index contributed by atoms with van der Waals surface area (Å²) in [4.78, 5) is 0. The van der Waals surface area contributed by atoms with E-state index in [2.05, 4.69) is 15.7 Å². The zero-order valence-corrected chi connectivity index (χ0v) is 7.52. The molecule has 0 saturated heterocycles. The molecule has 1 unspecified atom stereocenters. The molecule has 2 nitrogen and oxygen atoms in total. The van der Waals surface area contributed by atoms with Gasteiger partial charge in [0.2, 0.25) is 0 Å². The molecule has 0 aliphatic heterocycles. The lowest BCUT2D eigenvalue weighted by Crippen LogP contribution is -2.12. The highest BCUT2D eigenvalue weighted by Crippen LogP contribution is 2.25. The molecule has 0 N–H and O–H groups in total. The molecule has 0 radical (unpaired) electrons. The van der Waals surface area contributed by atoms with E-state index in [1.807, 2.05) is 0 Å². The quantitative estimate of drug-likeness (QED) is 0.641. The second-order valence-corrected chi connectivity index (χ2v) is 3.70. The highest BCUT2D eigenvalue weighted by atomic mass is 32.1. The first-order valence-electron chi connectivity index (χ1n) is 4.20. The van der Waals surface area contributed by atoms with Crippen LogP contribution in [-0.4, -0.2) is 8.75 Å². The maximum absolute atomic E-state index is 4.29. The zero-order valence-electron chi connectivity index (χ0n) is 6.71. The molecule has 1 aliphatic rings. The Morgan fingerprint density at radius 1 is 1.45 bits per heavy atom. The van der Waals surface area contributed by atoms with Crippen molar-refractivity contribution >= 4 is 11.7 Å². The topological polar surface area (TPSA) is 25.8 Å². The van der Waals surface area contributed by atoms with Crippen LogP contribution in [-0.2, 0) is 12.8 Å². The molecule has 1 aromatic rings. The van der Waals surface area contributed by atoms with Gasteiger partial charge >= 0.3 is 0 Å². The Morgan fingerprint density at radius 3 is 3.09 bits per heavy atom. The van der Waals surface area contributed by atoms with E-state index in [0.717, 1.165) is 12.3 Å². The molecule has 0 spiro atoms. The van der Waals surface area contributed by atoms with E-state index < -0.39 is 0 Å². The maximum atomic E-state index is 4.29. The number of rotatable bonds is 1. The van der Waals surface area contributed by atoms with Gasteiger partial charge < -0.3 is 0 Å². The van der Waals surface area contributed by atoms with Crippen LogP contribution in [0.2, 0.25) is 0 Å². The average molecular weight is 168 g/mol. The molecule has 3 heteroatoms. The summed E-state index contributed by atoms with van der Waals surface area (Å²) in [5, 5.41) is 0. The van der Waals surface area contributed by atoms with Crippen LogP contribution < -0.4 is 0 Å². The lowest BCUT2D eigenvalue weighted by molar-refractivity contribution is 0.438. The van der Waals surface area contributed by atoms with E-state index in [1.54, 1.807) is 0 Å². The fraction of sp³-hybridized carbons (Fsp3) is 0.750. The number of aromatic nitrogens is 2. The Bertz CT molecular complexity index is 244. The van der Waals surface area contributed by atoms with Crippen molar-refractivity contribution in [2.45, 2.75) is 32.6 Å². The molecule has 1 atom stereocenters. The molecule has 1 aromatic heterocycles. The smallest absolute Gasteiger partial charge is 0.0777 e. The molecule has 0 amide bonds. The molecule has 0 aromatic carbocycles. The first-order valence-corrected chi connectivity index (χ1v) is 4.93. The Labute approximate surface area is 71.0 Å². The summed E-state index contributed by atoms with van der Waals surface area (Å²) in [6.45, 7) is 2.26. The molecule has 1 heterocycles. The van der Waals surface area contributed by atoms with Crippen LogP contribution in [0.15, 0.2) is 0 Å². The van der Waals surface area contributed by atoms with E-state index in [9.17, 15) is 0 Å². The summed E-state index contributed by atoms with van der Waals surface area (Å²) >= 11 is 1.37. The minimum atomic E-state index is 0.867.